The SMILES string of the molecule is CC(C)C1CCC(I)C1. The van der Waals surface area contributed by atoms with Crippen molar-refractivity contribution in [3.05, 3.63) is 0 Å². The first kappa shape index (κ1) is 7.83. The summed E-state index contributed by atoms with van der Waals surface area (Å²) in [7, 11) is 0. The lowest BCUT2D eigenvalue weighted by Crippen LogP contribution is -2.03. The molecule has 0 aromatic rings. The molecule has 9 heavy (non-hydrogen) atoms. The van der Waals surface area contributed by atoms with Crippen molar-refractivity contribution < 1.29 is 0 Å². The molecule has 2 atom stereocenters. The first-order chi connectivity index (χ1) is 4.20. The van der Waals surface area contributed by atoms with Crippen molar-refractivity contribution in [1.82, 2.24) is 0 Å². The van der Waals surface area contributed by atoms with Crippen molar-refractivity contribution in [3.8, 4) is 0 Å². The van der Waals surface area contributed by atoms with Crippen molar-refractivity contribution >= 4 is 22.6 Å². The molecule has 0 N–H and O–H groups in total. The molecule has 2 unspecified atom stereocenters. The van der Waals surface area contributed by atoms with Gasteiger partial charge in [0.2, 0.25) is 0 Å². The molecule has 1 aliphatic carbocycles. The molecule has 54 valence electrons. The van der Waals surface area contributed by atoms with E-state index in [2.05, 4.69) is 36.4 Å². The lowest BCUT2D eigenvalue weighted by Gasteiger charge is -2.12. The van der Waals surface area contributed by atoms with Gasteiger partial charge in [0, 0.05) is 3.92 Å². The van der Waals surface area contributed by atoms with E-state index < -0.39 is 0 Å². The Labute approximate surface area is 71.5 Å². The number of hydrogen-bond acceptors (Lipinski definition) is 0. The van der Waals surface area contributed by atoms with Gasteiger partial charge in [-0.2, -0.15) is 0 Å². The van der Waals surface area contributed by atoms with Gasteiger partial charge < -0.3 is 0 Å². The predicted octanol–water partition coefficient (Wildman–Crippen LogP) is 3.25. The highest BCUT2D eigenvalue weighted by molar-refractivity contribution is 14.1. The van der Waals surface area contributed by atoms with Crippen molar-refractivity contribution in [2.24, 2.45) is 11.8 Å². The average Bonchev–Trinajstić information content (AvgIpc) is 2.14. The first-order valence-electron chi connectivity index (χ1n) is 3.84. The maximum atomic E-state index is 2.58. The second kappa shape index (κ2) is 3.22. The zero-order chi connectivity index (χ0) is 6.85. The van der Waals surface area contributed by atoms with Crippen molar-refractivity contribution in [2.75, 3.05) is 0 Å². The summed E-state index contributed by atoms with van der Waals surface area (Å²) in [5, 5.41) is 0. The third kappa shape index (κ3) is 2.10. The Morgan fingerprint density at radius 3 is 2.22 bits per heavy atom. The Morgan fingerprint density at radius 1 is 1.33 bits per heavy atom. The Morgan fingerprint density at radius 2 is 2.00 bits per heavy atom. The van der Waals surface area contributed by atoms with E-state index >= 15 is 0 Å². The number of alkyl halides is 1. The summed E-state index contributed by atoms with van der Waals surface area (Å²) in [6.07, 6.45) is 4.41. The standard InChI is InChI=1S/C8H15I/c1-6(2)7-3-4-8(9)5-7/h6-8H,3-5H2,1-2H3. The van der Waals surface area contributed by atoms with Crippen LogP contribution in [0.2, 0.25) is 0 Å². The molecule has 1 saturated carbocycles. The third-order valence-electron chi connectivity index (χ3n) is 2.35. The van der Waals surface area contributed by atoms with E-state index in [1.807, 2.05) is 0 Å². The van der Waals surface area contributed by atoms with E-state index in [1.165, 1.54) is 19.3 Å². The molecule has 0 spiro atoms. The normalized spacial score (nSPS) is 36.0. The van der Waals surface area contributed by atoms with E-state index in [-0.39, 0.29) is 0 Å². The number of halogens is 1. The monoisotopic (exact) mass is 238 g/mol. The summed E-state index contributed by atoms with van der Waals surface area (Å²) in [6, 6.07) is 0. The molecule has 0 heterocycles. The summed E-state index contributed by atoms with van der Waals surface area (Å²) < 4.78 is 0.981. The minimum Gasteiger partial charge on any atom is -0.0826 e. The van der Waals surface area contributed by atoms with Gasteiger partial charge >= 0.3 is 0 Å². The highest BCUT2D eigenvalue weighted by Crippen LogP contribution is 2.35. The fraction of sp³-hybridized carbons (Fsp3) is 1.00. The molecule has 1 rings (SSSR count). The van der Waals surface area contributed by atoms with Gasteiger partial charge in [0.05, 0.1) is 0 Å². The van der Waals surface area contributed by atoms with Crippen LogP contribution in [0.5, 0.6) is 0 Å². The van der Waals surface area contributed by atoms with Gasteiger partial charge in [0.1, 0.15) is 0 Å². The minimum absolute atomic E-state index is 0.921. The molecule has 1 heteroatoms. The van der Waals surface area contributed by atoms with Crippen LogP contribution >= 0.6 is 22.6 Å². The molecule has 1 aliphatic rings. The highest BCUT2D eigenvalue weighted by atomic mass is 127. The Balaban J connectivity index is 2.30. The number of rotatable bonds is 1. The van der Waals surface area contributed by atoms with Gasteiger partial charge in [-0.1, -0.05) is 36.4 Å². The van der Waals surface area contributed by atoms with Crippen LogP contribution in [0.1, 0.15) is 33.1 Å². The zero-order valence-electron chi connectivity index (χ0n) is 6.23. The third-order valence-corrected chi connectivity index (χ3v) is 3.48. The molecule has 0 saturated heterocycles. The molecule has 0 nitrogen and oxygen atoms in total. The zero-order valence-corrected chi connectivity index (χ0v) is 8.39. The highest BCUT2D eigenvalue weighted by Gasteiger charge is 2.24. The quantitative estimate of drug-likeness (QED) is 0.486. The van der Waals surface area contributed by atoms with Crippen LogP contribution in [-0.2, 0) is 0 Å². The molecule has 0 amide bonds. The first-order valence-corrected chi connectivity index (χ1v) is 5.08. The Bertz CT molecular complexity index is 88.6. The summed E-state index contributed by atoms with van der Waals surface area (Å²) in [4.78, 5) is 0. The van der Waals surface area contributed by atoms with E-state index in [4.69, 9.17) is 0 Å². The number of hydrogen-bond donors (Lipinski definition) is 0. The van der Waals surface area contributed by atoms with Crippen molar-refractivity contribution in [3.63, 3.8) is 0 Å². The lowest BCUT2D eigenvalue weighted by atomic mass is 9.95. The molecular formula is C8H15I. The van der Waals surface area contributed by atoms with Crippen LogP contribution in [0.25, 0.3) is 0 Å². The van der Waals surface area contributed by atoms with Gasteiger partial charge in [-0.3, -0.25) is 0 Å². The maximum Gasteiger partial charge on any atom is 0.0112 e. The van der Waals surface area contributed by atoms with Crippen LogP contribution in [0.3, 0.4) is 0 Å². The fourth-order valence-electron chi connectivity index (χ4n) is 1.56. The largest absolute Gasteiger partial charge is 0.0826 e. The van der Waals surface area contributed by atoms with E-state index in [9.17, 15) is 0 Å². The Kier molecular flexibility index (Phi) is 2.80. The van der Waals surface area contributed by atoms with E-state index in [0.717, 1.165) is 15.8 Å². The summed E-state index contributed by atoms with van der Waals surface area (Å²) in [6.45, 7) is 4.69. The van der Waals surface area contributed by atoms with Gasteiger partial charge in [-0.15, -0.1) is 0 Å². The van der Waals surface area contributed by atoms with E-state index in [0.29, 0.717) is 0 Å². The van der Waals surface area contributed by atoms with Gasteiger partial charge in [0.15, 0.2) is 0 Å². The molecule has 1 fully saturated rings. The molecule has 0 aromatic heterocycles. The van der Waals surface area contributed by atoms with Crippen LogP contribution < -0.4 is 0 Å². The lowest BCUT2D eigenvalue weighted by molar-refractivity contribution is 0.398. The van der Waals surface area contributed by atoms with Gasteiger partial charge in [-0.25, -0.2) is 0 Å². The Hall–Kier alpha value is 0.730. The second-order valence-corrected chi connectivity index (χ2v) is 5.18. The van der Waals surface area contributed by atoms with Gasteiger partial charge in [-0.05, 0) is 31.1 Å². The molecular weight excluding hydrogens is 223 g/mol. The summed E-state index contributed by atoms with van der Waals surface area (Å²) in [5.74, 6) is 1.96. The predicted molar refractivity (Wildman–Crippen MR) is 50.0 cm³/mol. The summed E-state index contributed by atoms with van der Waals surface area (Å²) in [5.41, 5.74) is 0. The van der Waals surface area contributed by atoms with E-state index in [1.54, 1.807) is 0 Å². The topological polar surface area (TPSA) is 0 Å². The fourth-order valence-corrected chi connectivity index (χ4v) is 2.58. The van der Waals surface area contributed by atoms with Crippen molar-refractivity contribution in [2.45, 2.75) is 37.0 Å². The maximum absolute atomic E-state index is 2.58. The average molecular weight is 238 g/mol. The van der Waals surface area contributed by atoms with Crippen LogP contribution in [0.15, 0.2) is 0 Å². The van der Waals surface area contributed by atoms with Crippen molar-refractivity contribution in [1.29, 1.82) is 0 Å². The molecule has 0 aliphatic heterocycles. The molecule has 0 aromatic carbocycles. The van der Waals surface area contributed by atoms with Crippen LogP contribution in [0.4, 0.5) is 0 Å². The minimum atomic E-state index is 0.921. The molecule has 0 radical (unpaired) electrons. The smallest absolute Gasteiger partial charge is 0.0112 e. The van der Waals surface area contributed by atoms with Crippen LogP contribution in [-0.4, -0.2) is 3.92 Å². The van der Waals surface area contributed by atoms with Crippen LogP contribution in [0, 0.1) is 11.8 Å². The van der Waals surface area contributed by atoms with Gasteiger partial charge in [0.25, 0.3) is 0 Å². The summed E-state index contributed by atoms with van der Waals surface area (Å²) >= 11 is 2.58. The molecule has 0 bridgehead atoms. The second-order valence-electron chi connectivity index (χ2n) is 3.41.